The number of aliphatic carboxylic acids is 1. The standard InChI is InChI=1S/C11H15NO4/c13-6-7-16-12-10(11(14)15)8-9-4-2-1-3-5-9/h1-5,10,12-13H,6-8H2,(H,14,15)/t10-/m0/s1. The zero-order valence-electron chi connectivity index (χ0n) is 8.80. The molecule has 0 aliphatic rings. The number of aliphatic hydroxyl groups is 1. The number of carbonyl (C=O) groups is 1. The lowest BCUT2D eigenvalue weighted by molar-refractivity contribution is -0.144. The number of hydrogen-bond acceptors (Lipinski definition) is 4. The number of nitrogens with one attached hydrogen (secondary N) is 1. The van der Waals surface area contributed by atoms with Gasteiger partial charge in [-0.3, -0.25) is 9.63 Å². The first-order chi connectivity index (χ1) is 7.74. The summed E-state index contributed by atoms with van der Waals surface area (Å²) in [5.74, 6) is -0.984. The lowest BCUT2D eigenvalue weighted by atomic mass is 10.1. The molecule has 0 aromatic heterocycles. The Morgan fingerprint density at radius 3 is 2.62 bits per heavy atom. The van der Waals surface area contributed by atoms with Crippen molar-refractivity contribution in [3.8, 4) is 0 Å². The molecule has 5 heteroatoms. The van der Waals surface area contributed by atoms with E-state index in [1.807, 2.05) is 30.3 Å². The molecule has 0 unspecified atom stereocenters. The molecular weight excluding hydrogens is 210 g/mol. The molecule has 5 nitrogen and oxygen atoms in total. The minimum Gasteiger partial charge on any atom is -0.480 e. The number of benzene rings is 1. The molecule has 3 N–H and O–H groups in total. The van der Waals surface area contributed by atoms with Crippen molar-refractivity contribution >= 4 is 5.97 Å². The van der Waals surface area contributed by atoms with Gasteiger partial charge >= 0.3 is 5.97 Å². The molecule has 1 rings (SSSR count). The highest BCUT2D eigenvalue weighted by Crippen LogP contribution is 2.03. The molecule has 0 fully saturated rings. The van der Waals surface area contributed by atoms with Crippen molar-refractivity contribution in [3.05, 3.63) is 35.9 Å². The lowest BCUT2D eigenvalue weighted by Crippen LogP contribution is -2.39. The third-order valence-corrected chi connectivity index (χ3v) is 2.00. The van der Waals surface area contributed by atoms with Crippen LogP contribution in [0.25, 0.3) is 0 Å². The maximum absolute atomic E-state index is 10.9. The van der Waals surface area contributed by atoms with E-state index in [1.54, 1.807) is 0 Å². The summed E-state index contributed by atoms with van der Waals surface area (Å²) in [4.78, 5) is 15.7. The molecule has 0 saturated heterocycles. The van der Waals surface area contributed by atoms with Crippen molar-refractivity contribution in [1.29, 1.82) is 0 Å². The largest absolute Gasteiger partial charge is 0.480 e. The summed E-state index contributed by atoms with van der Waals surface area (Å²) >= 11 is 0. The fourth-order valence-corrected chi connectivity index (χ4v) is 1.23. The average molecular weight is 225 g/mol. The van der Waals surface area contributed by atoms with Crippen LogP contribution in [-0.4, -0.2) is 35.4 Å². The molecule has 0 amide bonds. The number of rotatable bonds is 7. The Kier molecular flexibility index (Phi) is 5.49. The van der Waals surface area contributed by atoms with Gasteiger partial charge in [-0.15, -0.1) is 0 Å². The van der Waals surface area contributed by atoms with Crippen LogP contribution in [0.15, 0.2) is 30.3 Å². The van der Waals surface area contributed by atoms with Gasteiger partial charge in [-0.2, -0.15) is 5.48 Å². The smallest absolute Gasteiger partial charge is 0.323 e. The van der Waals surface area contributed by atoms with Crippen LogP contribution in [0.3, 0.4) is 0 Å². The summed E-state index contributed by atoms with van der Waals surface area (Å²) < 4.78 is 0. The summed E-state index contributed by atoms with van der Waals surface area (Å²) in [5, 5.41) is 17.4. The summed E-state index contributed by atoms with van der Waals surface area (Å²) in [6.45, 7) is -0.0801. The molecule has 1 aromatic carbocycles. The summed E-state index contributed by atoms with van der Waals surface area (Å²) in [5.41, 5.74) is 3.32. The van der Waals surface area contributed by atoms with Gasteiger partial charge in [-0.05, 0) is 5.56 Å². The molecule has 0 saturated carbocycles. The van der Waals surface area contributed by atoms with Crippen molar-refractivity contribution in [3.63, 3.8) is 0 Å². The molecular formula is C11H15NO4. The van der Waals surface area contributed by atoms with Gasteiger partial charge in [0.05, 0.1) is 13.2 Å². The van der Waals surface area contributed by atoms with Gasteiger partial charge in [0.2, 0.25) is 0 Å². The van der Waals surface area contributed by atoms with Crippen LogP contribution in [0.5, 0.6) is 0 Å². The first-order valence-corrected chi connectivity index (χ1v) is 4.99. The van der Waals surface area contributed by atoms with Gasteiger partial charge in [0.1, 0.15) is 6.04 Å². The van der Waals surface area contributed by atoms with E-state index in [-0.39, 0.29) is 13.2 Å². The van der Waals surface area contributed by atoms with E-state index in [1.165, 1.54) is 0 Å². The Morgan fingerprint density at radius 1 is 1.38 bits per heavy atom. The summed E-state index contributed by atoms with van der Waals surface area (Å²) in [7, 11) is 0. The van der Waals surface area contributed by atoms with E-state index in [9.17, 15) is 4.79 Å². The van der Waals surface area contributed by atoms with Gasteiger partial charge < -0.3 is 10.2 Å². The Morgan fingerprint density at radius 2 is 2.06 bits per heavy atom. The van der Waals surface area contributed by atoms with Gasteiger partial charge in [0.15, 0.2) is 0 Å². The Balaban J connectivity index is 2.48. The van der Waals surface area contributed by atoms with Crippen LogP contribution in [0.4, 0.5) is 0 Å². The summed E-state index contributed by atoms with van der Waals surface area (Å²) in [6, 6.07) is 8.46. The Bertz CT molecular complexity index is 315. The van der Waals surface area contributed by atoms with Crippen LogP contribution in [0, 0.1) is 0 Å². The maximum Gasteiger partial charge on any atom is 0.323 e. The number of carboxylic acid groups (broad SMARTS) is 1. The molecule has 0 bridgehead atoms. The zero-order valence-corrected chi connectivity index (χ0v) is 8.80. The highest BCUT2D eigenvalue weighted by atomic mass is 16.7. The third-order valence-electron chi connectivity index (χ3n) is 2.00. The normalized spacial score (nSPS) is 12.3. The van der Waals surface area contributed by atoms with Gasteiger partial charge in [0.25, 0.3) is 0 Å². The van der Waals surface area contributed by atoms with E-state index >= 15 is 0 Å². The molecule has 0 radical (unpaired) electrons. The van der Waals surface area contributed by atoms with Gasteiger partial charge in [0, 0.05) is 6.42 Å². The van der Waals surface area contributed by atoms with E-state index in [4.69, 9.17) is 15.1 Å². The maximum atomic E-state index is 10.9. The van der Waals surface area contributed by atoms with Crippen LogP contribution >= 0.6 is 0 Å². The first-order valence-electron chi connectivity index (χ1n) is 4.99. The molecule has 0 aliphatic heterocycles. The molecule has 0 aliphatic carbocycles. The molecule has 0 spiro atoms. The van der Waals surface area contributed by atoms with Crippen LogP contribution in [0.1, 0.15) is 5.56 Å². The highest BCUT2D eigenvalue weighted by Gasteiger charge is 2.17. The lowest BCUT2D eigenvalue weighted by Gasteiger charge is -2.13. The number of aliphatic hydroxyl groups excluding tert-OH is 1. The third kappa shape index (κ3) is 4.39. The Hall–Kier alpha value is -1.43. The van der Waals surface area contributed by atoms with E-state index < -0.39 is 12.0 Å². The molecule has 88 valence electrons. The fourth-order valence-electron chi connectivity index (χ4n) is 1.23. The van der Waals surface area contributed by atoms with Crippen molar-refractivity contribution in [2.45, 2.75) is 12.5 Å². The molecule has 16 heavy (non-hydrogen) atoms. The minimum absolute atomic E-state index is 0.0680. The predicted molar refractivity (Wildman–Crippen MR) is 57.7 cm³/mol. The van der Waals surface area contributed by atoms with Crippen LogP contribution in [0.2, 0.25) is 0 Å². The van der Waals surface area contributed by atoms with Crippen LogP contribution < -0.4 is 5.48 Å². The topological polar surface area (TPSA) is 78.8 Å². The first kappa shape index (κ1) is 12.6. The fraction of sp³-hybridized carbons (Fsp3) is 0.364. The second-order valence-corrected chi connectivity index (χ2v) is 3.27. The average Bonchev–Trinajstić information content (AvgIpc) is 2.29. The van der Waals surface area contributed by atoms with Crippen molar-refractivity contribution < 1.29 is 19.8 Å². The van der Waals surface area contributed by atoms with Crippen molar-refractivity contribution in [2.75, 3.05) is 13.2 Å². The van der Waals surface area contributed by atoms with Gasteiger partial charge in [-0.25, -0.2) is 0 Å². The van der Waals surface area contributed by atoms with Gasteiger partial charge in [-0.1, -0.05) is 30.3 Å². The summed E-state index contributed by atoms with van der Waals surface area (Å²) in [6.07, 6.45) is 0.335. The van der Waals surface area contributed by atoms with E-state index in [2.05, 4.69) is 5.48 Å². The number of hydroxylamine groups is 1. The Labute approximate surface area is 93.6 Å². The van der Waals surface area contributed by atoms with E-state index in [0.717, 1.165) is 5.56 Å². The SMILES string of the molecule is O=C(O)[C@H](Cc1ccccc1)NOCCO. The van der Waals surface area contributed by atoms with E-state index in [0.29, 0.717) is 6.42 Å². The second-order valence-electron chi connectivity index (χ2n) is 3.27. The number of carboxylic acids is 1. The molecule has 0 heterocycles. The highest BCUT2D eigenvalue weighted by molar-refractivity contribution is 5.73. The molecule has 1 atom stereocenters. The number of hydrogen-bond donors (Lipinski definition) is 3. The van der Waals surface area contributed by atoms with Crippen LogP contribution in [-0.2, 0) is 16.1 Å². The zero-order chi connectivity index (χ0) is 11.8. The predicted octanol–water partition coefficient (Wildman–Crippen LogP) is 0.196. The molecule has 1 aromatic rings. The quantitative estimate of drug-likeness (QED) is 0.456. The van der Waals surface area contributed by atoms with Crippen molar-refractivity contribution in [1.82, 2.24) is 5.48 Å². The minimum atomic E-state index is -0.984. The van der Waals surface area contributed by atoms with Crippen molar-refractivity contribution in [2.24, 2.45) is 0 Å². The second kappa shape index (κ2) is 6.95. The monoisotopic (exact) mass is 225 g/mol.